The van der Waals surface area contributed by atoms with Gasteiger partial charge in [-0.2, -0.15) is 0 Å². The molecule has 0 aromatic heterocycles. The van der Waals surface area contributed by atoms with E-state index in [1.807, 2.05) is 0 Å². The second kappa shape index (κ2) is 6.13. The first-order chi connectivity index (χ1) is 9.13. The van der Waals surface area contributed by atoms with Gasteiger partial charge in [-0.1, -0.05) is 40.5 Å². The average molecular weight is 272 g/mol. The van der Waals surface area contributed by atoms with Gasteiger partial charge in [0.2, 0.25) is 0 Å². The maximum atomic E-state index is 12.0. The van der Waals surface area contributed by atoms with Gasteiger partial charge in [0.25, 0.3) is 0 Å². The monoisotopic (exact) mass is 272 g/mol. The molecule has 20 heavy (non-hydrogen) atoms. The van der Waals surface area contributed by atoms with Crippen LogP contribution in [0.5, 0.6) is 0 Å². The van der Waals surface area contributed by atoms with E-state index in [9.17, 15) is 4.79 Å². The number of carbonyl (C=O) groups excluding carboxylic acids is 1. The molecule has 1 rings (SSSR count). The number of carbonyl (C=O) groups is 1. The molecule has 0 atom stereocenters. The summed E-state index contributed by atoms with van der Waals surface area (Å²) in [5.41, 5.74) is 1.47. The second-order valence-corrected chi connectivity index (χ2v) is 7.20. The third kappa shape index (κ3) is 5.48. The molecule has 0 saturated carbocycles. The lowest BCUT2D eigenvalue weighted by molar-refractivity contribution is 0.0264. The summed E-state index contributed by atoms with van der Waals surface area (Å²) in [4.78, 5) is 12.0. The fraction of sp³-hybridized carbons (Fsp3) is 0.500. The van der Waals surface area contributed by atoms with Crippen LogP contribution in [0.1, 0.15) is 57.0 Å². The first kappa shape index (κ1) is 16.3. The fourth-order valence-corrected chi connectivity index (χ4v) is 2.53. The summed E-state index contributed by atoms with van der Waals surface area (Å²) in [5.74, 6) is 2.23. The van der Waals surface area contributed by atoms with E-state index >= 15 is 0 Å². The predicted molar refractivity (Wildman–Crippen MR) is 82.5 cm³/mol. The molecular weight excluding hydrogens is 248 g/mol. The van der Waals surface area contributed by atoms with Crippen LogP contribution in [0.25, 0.3) is 0 Å². The number of terminal acetylenes is 1. The zero-order chi connectivity index (χ0) is 15.4. The van der Waals surface area contributed by atoms with E-state index in [-0.39, 0.29) is 16.8 Å². The smallest absolute Gasteiger partial charge is 0.338 e. The lowest BCUT2D eigenvalue weighted by Gasteiger charge is -2.31. The Morgan fingerprint density at radius 3 is 2.15 bits per heavy atom. The van der Waals surface area contributed by atoms with Crippen molar-refractivity contribution in [1.82, 2.24) is 0 Å². The van der Waals surface area contributed by atoms with Crippen molar-refractivity contribution in [3.8, 4) is 12.3 Å². The van der Waals surface area contributed by atoms with E-state index in [1.54, 1.807) is 24.3 Å². The molecule has 2 nitrogen and oxygen atoms in total. The molecular formula is C18H24O2. The maximum absolute atomic E-state index is 12.0. The van der Waals surface area contributed by atoms with Crippen LogP contribution in [0, 0.1) is 23.2 Å². The Morgan fingerprint density at radius 1 is 1.15 bits per heavy atom. The molecule has 0 bridgehead atoms. The largest absolute Gasteiger partial charge is 0.462 e. The van der Waals surface area contributed by atoms with Gasteiger partial charge in [0.05, 0.1) is 12.2 Å². The highest BCUT2D eigenvalue weighted by atomic mass is 16.5. The highest BCUT2D eigenvalue weighted by Crippen LogP contribution is 2.33. The van der Waals surface area contributed by atoms with E-state index in [4.69, 9.17) is 11.2 Å². The van der Waals surface area contributed by atoms with Crippen molar-refractivity contribution in [1.29, 1.82) is 0 Å². The Balaban J connectivity index is 2.60. The molecule has 108 valence electrons. The Bertz CT molecular complexity index is 496. The molecule has 2 heteroatoms. The topological polar surface area (TPSA) is 26.3 Å². The Morgan fingerprint density at radius 2 is 1.70 bits per heavy atom. The minimum atomic E-state index is -0.296. The predicted octanol–water partition coefficient (Wildman–Crippen LogP) is 4.29. The van der Waals surface area contributed by atoms with Crippen molar-refractivity contribution in [3.05, 3.63) is 35.4 Å². The lowest BCUT2D eigenvalue weighted by atomic mass is 9.77. The van der Waals surface area contributed by atoms with Gasteiger partial charge in [0, 0.05) is 5.56 Å². The summed E-state index contributed by atoms with van der Waals surface area (Å²) in [6, 6.07) is 6.90. The van der Waals surface area contributed by atoms with E-state index in [0.29, 0.717) is 12.2 Å². The van der Waals surface area contributed by atoms with Crippen molar-refractivity contribution in [2.75, 3.05) is 6.61 Å². The minimum Gasteiger partial charge on any atom is -0.462 e. The Hall–Kier alpha value is -1.75. The lowest BCUT2D eigenvalue weighted by Crippen LogP contribution is -2.27. The molecule has 0 unspecified atom stereocenters. The number of esters is 1. The summed E-state index contributed by atoms with van der Waals surface area (Å²) in [5, 5.41) is 0. The van der Waals surface area contributed by atoms with Gasteiger partial charge in [0.1, 0.15) is 0 Å². The maximum Gasteiger partial charge on any atom is 0.338 e. The van der Waals surface area contributed by atoms with Gasteiger partial charge in [-0.25, -0.2) is 4.79 Å². The summed E-state index contributed by atoms with van der Waals surface area (Å²) in [6.07, 6.45) is 6.27. The Labute approximate surface area is 122 Å². The summed E-state index contributed by atoms with van der Waals surface area (Å²) >= 11 is 0. The highest BCUT2D eigenvalue weighted by Gasteiger charge is 2.27. The number of ether oxygens (including phenoxy) is 1. The van der Waals surface area contributed by atoms with Crippen molar-refractivity contribution < 1.29 is 9.53 Å². The van der Waals surface area contributed by atoms with Gasteiger partial charge in [-0.3, -0.25) is 0 Å². The van der Waals surface area contributed by atoms with Gasteiger partial charge in [-0.05, 0) is 41.5 Å². The zero-order valence-electron chi connectivity index (χ0n) is 13.1. The first-order valence-corrected chi connectivity index (χ1v) is 6.87. The Kier molecular flexibility index (Phi) is 5.00. The summed E-state index contributed by atoms with van der Waals surface area (Å²) in [7, 11) is 0. The molecule has 0 aliphatic rings. The molecule has 0 amide bonds. The highest BCUT2D eigenvalue weighted by molar-refractivity contribution is 5.89. The van der Waals surface area contributed by atoms with Crippen LogP contribution in [0.2, 0.25) is 0 Å². The summed E-state index contributed by atoms with van der Waals surface area (Å²) in [6.45, 7) is 11.2. The molecule has 1 aromatic carbocycles. The third-order valence-corrected chi connectivity index (χ3v) is 2.89. The van der Waals surface area contributed by atoms with Crippen LogP contribution in [-0.2, 0) is 4.74 Å². The van der Waals surface area contributed by atoms with E-state index < -0.39 is 0 Å². The van der Waals surface area contributed by atoms with Gasteiger partial charge >= 0.3 is 5.97 Å². The molecule has 1 aromatic rings. The molecule has 0 saturated heterocycles. The van der Waals surface area contributed by atoms with Crippen LogP contribution < -0.4 is 0 Å². The standard InChI is InChI=1S/C18H24O2/c1-7-14-8-10-15(11-9-14)16(19)20-13-18(5,6)12-17(2,3)4/h1,8-11H,12-13H2,2-6H3. The fourth-order valence-electron chi connectivity index (χ4n) is 2.53. The molecule has 0 N–H and O–H groups in total. The summed E-state index contributed by atoms with van der Waals surface area (Å²) < 4.78 is 5.42. The van der Waals surface area contributed by atoms with Crippen molar-refractivity contribution in [3.63, 3.8) is 0 Å². The van der Waals surface area contributed by atoms with E-state index in [1.165, 1.54) is 0 Å². The van der Waals surface area contributed by atoms with Crippen LogP contribution in [0.4, 0.5) is 0 Å². The number of hydrogen-bond acceptors (Lipinski definition) is 2. The second-order valence-electron chi connectivity index (χ2n) is 7.20. The zero-order valence-corrected chi connectivity index (χ0v) is 13.1. The van der Waals surface area contributed by atoms with Gasteiger partial charge in [-0.15, -0.1) is 6.42 Å². The number of rotatable bonds is 4. The first-order valence-electron chi connectivity index (χ1n) is 6.87. The molecule has 0 fully saturated rings. The van der Waals surface area contributed by atoms with Crippen molar-refractivity contribution in [2.24, 2.45) is 10.8 Å². The van der Waals surface area contributed by atoms with Crippen molar-refractivity contribution >= 4 is 5.97 Å². The SMILES string of the molecule is C#Cc1ccc(C(=O)OCC(C)(C)CC(C)(C)C)cc1. The third-order valence-electron chi connectivity index (χ3n) is 2.89. The van der Waals surface area contributed by atoms with Crippen LogP contribution in [-0.4, -0.2) is 12.6 Å². The van der Waals surface area contributed by atoms with E-state index in [2.05, 4.69) is 40.5 Å². The van der Waals surface area contributed by atoms with Crippen LogP contribution in [0.3, 0.4) is 0 Å². The minimum absolute atomic E-state index is 0.0351. The van der Waals surface area contributed by atoms with Gasteiger partial charge < -0.3 is 4.74 Å². The normalized spacial score (nSPS) is 11.8. The molecule has 0 radical (unpaired) electrons. The number of hydrogen-bond donors (Lipinski definition) is 0. The molecule has 0 aliphatic carbocycles. The quantitative estimate of drug-likeness (QED) is 0.604. The van der Waals surface area contributed by atoms with Gasteiger partial charge in [0.15, 0.2) is 0 Å². The molecule has 0 spiro atoms. The number of benzene rings is 1. The van der Waals surface area contributed by atoms with E-state index in [0.717, 1.165) is 12.0 Å². The van der Waals surface area contributed by atoms with Crippen LogP contribution >= 0.6 is 0 Å². The van der Waals surface area contributed by atoms with Crippen molar-refractivity contribution in [2.45, 2.75) is 41.0 Å². The molecule has 0 heterocycles. The average Bonchev–Trinajstić information content (AvgIpc) is 2.33. The molecule has 0 aliphatic heterocycles. The van der Waals surface area contributed by atoms with Crippen LogP contribution in [0.15, 0.2) is 24.3 Å².